The number of likely N-dealkylation sites (tertiary alicyclic amines) is 1. The van der Waals surface area contributed by atoms with E-state index in [-0.39, 0.29) is 11.9 Å². The molecule has 1 atom stereocenters. The van der Waals surface area contributed by atoms with Gasteiger partial charge in [0.1, 0.15) is 0 Å². The molecule has 2 heterocycles. The minimum absolute atomic E-state index is 0.0419. The van der Waals surface area contributed by atoms with Crippen molar-refractivity contribution in [3.8, 4) is 0 Å². The Bertz CT molecular complexity index is 500. The van der Waals surface area contributed by atoms with E-state index in [1.54, 1.807) is 30.0 Å². The lowest BCUT2D eigenvalue weighted by atomic mass is 9.87. The van der Waals surface area contributed by atoms with E-state index in [4.69, 9.17) is 5.11 Å². The molecule has 6 heteroatoms. The highest BCUT2D eigenvalue weighted by Gasteiger charge is 2.38. The first-order valence-corrected chi connectivity index (χ1v) is 7.11. The third-order valence-electron chi connectivity index (χ3n) is 4.03. The number of hydrogen-bond donors (Lipinski definition) is 1. The molecule has 1 fully saturated rings. The zero-order valence-electron chi connectivity index (χ0n) is 12.4. The monoisotopic (exact) mass is 291 g/mol. The largest absolute Gasteiger partial charge is 0.481 e. The van der Waals surface area contributed by atoms with E-state index >= 15 is 0 Å². The van der Waals surface area contributed by atoms with Gasteiger partial charge in [-0.2, -0.15) is 0 Å². The number of urea groups is 1. The molecular weight excluding hydrogens is 270 g/mol. The number of nitrogens with zero attached hydrogens (tertiary/aromatic N) is 3. The lowest BCUT2D eigenvalue weighted by Gasteiger charge is -2.42. The van der Waals surface area contributed by atoms with Crippen LogP contribution in [-0.4, -0.2) is 58.6 Å². The second-order valence-electron chi connectivity index (χ2n) is 5.57. The number of carboxylic acids is 1. The minimum atomic E-state index is -0.796. The summed E-state index contributed by atoms with van der Waals surface area (Å²) in [4.78, 5) is 30.6. The summed E-state index contributed by atoms with van der Waals surface area (Å²) in [5, 5.41) is 8.94. The third kappa shape index (κ3) is 3.71. The van der Waals surface area contributed by atoms with Crippen LogP contribution < -0.4 is 0 Å². The van der Waals surface area contributed by atoms with Crippen molar-refractivity contribution in [2.45, 2.75) is 13.3 Å². The maximum absolute atomic E-state index is 12.2. The molecule has 0 bridgehead atoms. The molecule has 0 radical (unpaired) electrons. The Labute approximate surface area is 124 Å². The highest BCUT2D eigenvalue weighted by molar-refractivity contribution is 5.76. The predicted octanol–water partition coefficient (Wildman–Crippen LogP) is 1.33. The Morgan fingerprint density at radius 2 is 2.19 bits per heavy atom. The molecule has 2 amide bonds. The normalized spacial score (nSPS) is 16.2. The molecular formula is C15H21N3O3. The van der Waals surface area contributed by atoms with Gasteiger partial charge in [-0.05, 0) is 12.1 Å². The molecule has 1 aromatic heterocycles. The van der Waals surface area contributed by atoms with Gasteiger partial charge in [0.2, 0.25) is 0 Å². The Morgan fingerprint density at radius 1 is 1.48 bits per heavy atom. The third-order valence-corrected chi connectivity index (χ3v) is 4.03. The van der Waals surface area contributed by atoms with Crippen LogP contribution in [0.25, 0.3) is 0 Å². The van der Waals surface area contributed by atoms with E-state index in [0.29, 0.717) is 26.1 Å². The first-order chi connectivity index (χ1) is 9.99. The number of aromatic nitrogens is 1. The van der Waals surface area contributed by atoms with E-state index in [1.807, 2.05) is 18.2 Å². The van der Waals surface area contributed by atoms with Gasteiger partial charge in [0.15, 0.2) is 0 Å². The van der Waals surface area contributed by atoms with Crippen LogP contribution in [0.2, 0.25) is 0 Å². The average molecular weight is 291 g/mol. The molecule has 6 nitrogen and oxygen atoms in total. The van der Waals surface area contributed by atoms with Crippen molar-refractivity contribution in [3.05, 3.63) is 30.1 Å². The Morgan fingerprint density at radius 3 is 2.76 bits per heavy atom. The van der Waals surface area contributed by atoms with Crippen LogP contribution in [-0.2, 0) is 11.2 Å². The van der Waals surface area contributed by atoms with Gasteiger partial charge in [0, 0.05) is 50.9 Å². The molecule has 0 aromatic carbocycles. The summed E-state index contributed by atoms with van der Waals surface area (Å²) in [6, 6.07) is 5.69. The van der Waals surface area contributed by atoms with E-state index in [9.17, 15) is 9.59 Å². The zero-order chi connectivity index (χ0) is 15.4. The van der Waals surface area contributed by atoms with Crippen LogP contribution in [0, 0.1) is 11.8 Å². The first-order valence-electron chi connectivity index (χ1n) is 7.11. The molecule has 1 saturated heterocycles. The lowest BCUT2D eigenvalue weighted by molar-refractivity contribution is -0.144. The van der Waals surface area contributed by atoms with E-state index in [0.717, 1.165) is 5.69 Å². The zero-order valence-corrected chi connectivity index (χ0v) is 12.4. The van der Waals surface area contributed by atoms with Crippen molar-refractivity contribution in [2.24, 2.45) is 11.8 Å². The van der Waals surface area contributed by atoms with Crippen molar-refractivity contribution >= 4 is 12.0 Å². The molecule has 0 aliphatic carbocycles. The van der Waals surface area contributed by atoms with Crippen LogP contribution in [0.5, 0.6) is 0 Å². The molecule has 1 aliphatic rings. The van der Waals surface area contributed by atoms with Crippen LogP contribution in [0.1, 0.15) is 12.6 Å². The summed E-state index contributed by atoms with van der Waals surface area (Å²) < 4.78 is 0. The van der Waals surface area contributed by atoms with Gasteiger partial charge in [0.25, 0.3) is 0 Å². The molecule has 2 rings (SSSR count). The molecule has 1 N–H and O–H groups in total. The quantitative estimate of drug-likeness (QED) is 0.888. The molecule has 114 valence electrons. The highest BCUT2D eigenvalue weighted by atomic mass is 16.4. The summed E-state index contributed by atoms with van der Waals surface area (Å²) >= 11 is 0. The number of amides is 2. The fourth-order valence-electron chi connectivity index (χ4n) is 2.35. The number of likely N-dealkylation sites (N-methyl/N-ethyl adjacent to an activating group) is 1. The smallest absolute Gasteiger partial charge is 0.319 e. The van der Waals surface area contributed by atoms with Crippen LogP contribution >= 0.6 is 0 Å². The molecule has 0 spiro atoms. The Balaban J connectivity index is 1.75. The number of rotatable bonds is 5. The minimum Gasteiger partial charge on any atom is -0.481 e. The van der Waals surface area contributed by atoms with Gasteiger partial charge >= 0.3 is 12.0 Å². The number of hydrogen-bond acceptors (Lipinski definition) is 3. The number of carbonyl (C=O) groups is 2. The van der Waals surface area contributed by atoms with Gasteiger partial charge in [0.05, 0.1) is 5.92 Å². The second kappa shape index (κ2) is 6.56. The lowest BCUT2D eigenvalue weighted by Crippen LogP contribution is -2.56. The van der Waals surface area contributed by atoms with Crippen molar-refractivity contribution in [1.29, 1.82) is 0 Å². The molecule has 1 aromatic rings. The number of pyridine rings is 1. The van der Waals surface area contributed by atoms with E-state index in [2.05, 4.69) is 4.98 Å². The van der Waals surface area contributed by atoms with Crippen molar-refractivity contribution in [3.63, 3.8) is 0 Å². The van der Waals surface area contributed by atoms with Crippen LogP contribution in [0.4, 0.5) is 4.79 Å². The average Bonchev–Trinajstić information content (AvgIpc) is 2.43. The standard InChI is InChI=1S/C15H21N3O3/c1-11(14(19)20)12-9-18(10-12)15(21)17(2)8-6-13-5-3-4-7-16-13/h3-5,7,11-12H,6,8-10H2,1-2H3,(H,19,20). The molecule has 0 saturated carbocycles. The van der Waals surface area contributed by atoms with Gasteiger partial charge in [-0.1, -0.05) is 13.0 Å². The fraction of sp³-hybridized carbons (Fsp3) is 0.533. The second-order valence-corrected chi connectivity index (χ2v) is 5.57. The van der Waals surface area contributed by atoms with Gasteiger partial charge in [-0.15, -0.1) is 0 Å². The topological polar surface area (TPSA) is 73.7 Å². The van der Waals surface area contributed by atoms with Crippen molar-refractivity contribution in [1.82, 2.24) is 14.8 Å². The molecule has 1 aliphatic heterocycles. The number of carbonyl (C=O) groups excluding carboxylic acids is 1. The maximum atomic E-state index is 12.2. The molecule has 21 heavy (non-hydrogen) atoms. The maximum Gasteiger partial charge on any atom is 0.319 e. The number of aliphatic carboxylic acids is 1. The van der Waals surface area contributed by atoms with E-state index in [1.165, 1.54) is 0 Å². The highest BCUT2D eigenvalue weighted by Crippen LogP contribution is 2.24. The van der Waals surface area contributed by atoms with Crippen LogP contribution in [0.3, 0.4) is 0 Å². The Hall–Kier alpha value is -2.11. The fourth-order valence-corrected chi connectivity index (χ4v) is 2.35. The summed E-state index contributed by atoms with van der Waals surface area (Å²) in [5.41, 5.74) is 0.957. The SMILES string of the molecule is CC(C(=O)O)C1CN(C(=O)N(C)CCc2ccccn2)C1. The number of carboxylic acid groups (broad SMARTS) is 1. The van der Waals surface area contributed by atoms with Gasteiger partial charge in [-0.3, -0.25) is 9.78 Å². The van der Waals surface area contributed by atoms with Gasteiger partial charge < -0.3 is 14.9 Å². The summed E-state index contributed by atoms with van der Waals surface area (Å²) in [5.74, 6) is -1.13. The Kier molecular flexibility index (Phi) is 4.77. The molecule has 1 unspecified atom stereocenters. The van der Waals surface area contributed by atoms with Crippen molar-refractivity contribution in [2.75, 3.05) is 26.7 Å². The van der Waals surface area contributed by atoms with Crippen LogP contribution in [0.15, 0.2) is 24.4 Å². The first kappa shape index (κ1) is 15.3. The summed E-state index contributed by atoms with van der Waals surface area (Å²) in [6.07, 6.45) is 2.45. The van der Waals surface area contributed by atoms with Gasteiger partial charge in [-0.25, -0.2) is 4.79 Å². The predicted molar refractivity (Wildman–Crippen MR) is 77.8 cm³/mol. The van der Waals surface area contributed by atoms with E-state index < -0.39 is 11.9 Å². The van der Waals surface area contributed by atoms with Crippen molar-refractivity contribution < 1.29 is 14.7 Å². The summed E-state index contributed by atoms with van der Waals surface area (Å²) in [7, 11) is 1.76. The summed E-state index contributed by atoms with van der Waals surface area (Å²) in [6.45, 7) is 3.35.